The van der Waals surface area contributed by atoms with Gasteiger partial charge in [0.25, 0.3) is 5.69 Å². The fourth-order valence-corrected chi connectivity index (χ4v) is 4.00. The first kappa shape index (κ1) is 13.6. The smallest absolute Gasteiger partial charge is 0.269 e. The predicted molar refractivity (Wildman–Crippen MR) is 78.8 cm³/mol. The number of nitro groups is 1. The van der Waals surface area contributed by atoms with E-state index in [4.69, 9.17) is 0 Å². The van der Waals surface area contributed by atoms with E-state index in [0.717, 1.165) is 18.5 Å². The third-order valence-electron chi connectivity index (χ3n) is 5.03. The molecule has 3 rings (SSSR count). The van der Waals surface area contributed by atoms with E-state index in [1.165, 1.54) is 37.7 Å². The topological polar surface area (TPSA) is 55.2 Å². The van der Waals surface area contributed by atoms with Gasteiger partial charge in [0.15, 0.2) is 0 Å². The maximum atomic E-state index is 10.9. The summed E-state index contributed by atoms with van der Waals surface area (Å²) in [6.07, 6.45) is 7.58. The lowest BCUT2D eigenvalue weighted by molar-refractivity contribution is -0.384. The van der Waals surface area contributed by atoms with Crippen LogP contribution in [0.15, 0.2) is 18.2 Å². The standard InChI is InChI=1S/C16H22N2O2/c1-12-10-16(7-3-2-4-8-16)17-11-13-9-14(18(19)20)5-6-15(12)13/h5-6,9,12,17H,2-4,7-8,10-11H2,1H3/t12-/m0/s1. The Hall–Kier alpha value is -1.42. The first-order chi connectivity index (χ1) is 9.60. The molecule has 2 aliphatic rings. The summed E-state index contributed by atoms with van der Waals surface area (Å²) in [5.41, 5.74) is 2.85. The number of benzene rings is 1. The van der Waals surface area contributed by atoms with Crippen molar-refractivity contribution >= 4 is 5.69 Å². The van der Waals surface area contributed by atoms with Gasteiger partial charge in [0, 0.05) is 24.2 Å². The summed E-state index contributed by atoms with van der Waals surface area (Å²) < 4.78 is 0. The first-order valence-electron chi connectivity index (χ1n) is 7.62. The van der Waals surface area contributed by atoms with Gasteiger partial charge in [0.2, 0.25) is 0 Å². The van der Waals surface area contributed by atoms with E-state index < -0.39 is 0 Å². The highest BCUT2D eigenvalue weighted by Crippen LogP contribution is 2.40. The molecule has 0 amide bonds. The first-order valence-corrected chi connectivity index (χ1v) is 7.62. The third-order valence-corrected chi connectivity index (χ3v) is 5.03. The zero-order chi connectivity index (χ0) is 14.2. The number of hydrogen-bond acceptors (Lipinski definition) is 3. The van der Waals surface area contributed by atoms with Gasteiger partial charge < -0.3 is 5.32 Å². The summed E-state index contributed by atoms with van der Waals surface area (Å²) in [4.78, 5) is 10.6. The fourth-order valence-electron chi connectivity index (χ4n) is 4.00. The van der Waals surface area contributed by atoms with Gasteiger partial charge in [-0.25, -0.2) is 0 Å². The van der Waals surface area contributed by atoms with Crippen molar-refractivity contribution in [3.63, 3.8) is 0 Å². The molecular weight excluding hydrogens is 252 g/mol. The SMILES string of the molecule is C[C@H]1CC2(CCCCC2)NCc2cc([N+](=O)[O-])ccc21. The Morgan fingerprint density at radius 1 is 1.30 bits per heavy atom. The van der Waals surface area contributed by atoms with E-state index in [0.29, 0.717) is 5.92 Å². The normalized spacial score (nSPS) is 24.9. The highest BCUT2D eigenvalue weighted by Gasteiger charge is 2.36. The molecule has 0 bridgehead atoms. The number of fused-ring (bicyclic) bond motifs is 1. The molecule has 0 aromatic heterocycles. The van der Waals surface area contributed by atoms with Gasteiger partial charge in [-0.2, -0.15) is 0 Å². The minimum Gasteiger partial charge on any atom is -0.307 e. The van der Waals surface area contributed by atoms with Crippen LogP contribution >= 0.6 is 0 Å². The van der Waals surface area contributed by atoms with Crippen molar-refractivity contribution in [1.82, 2.24) is 5.32 Å². The molecule has 1 aromatic carbocycles. The number of rotatable bonds is 1. The van der Waals surface area contributed by atoms with Gasteiger partial charge in [0.1, 0.15) is 0 Å². The molecule has 1 aromatic rings. The molecule has 4 heteroatoms. The average Bonchev–Trinajstić information content (AvgIpc) is 2.57. The molecule has 1 heterocycles. The van der Waals surface area contributed by atoms with Crippen LogP contribution in [0, 0.1) is 10.1 Å². The van der Waals surface area contributed by atoms with Gasteiger partial charge in [-0.1, -0.05) is 32.3 Å². The maximum absolute atomic E-state index is 10.9. The molecule has 1 saturated carbocycles. The molecule has 1 aliphatic carbocycles. The molecule has 0 saturated heterocycles. The Bertz CT molecular complexity index is 521. The third kappa shape index (κ3) is 2.44. The lowest BCUT2D eigenvalue weighted by Gasteiger charge is -2.38. The quantitative estimate of drug-likeness (QED) is 0.624. The number of nitrogens with one attached hydrogen (secondary N) is 1. The Balaban J connectivity index is 1.90. The van der Waals surface area contributed by atoms with Crippen LogP contribution in [-0.4, -0.2) is 10.5 Å². The lowest BCUT2D eigenvalue weighted by Crippen LogP contribution is -2.45. The zero-order valence-corrected chi connectivity index (χ0v) is 12.0. The van der Waals surface area contributed by atoms with Crippen LogP contribution in [0.5, 0.6) is 0 Å². The summed E-state index contributed by atoms with van der Waals surface area (Å²) in [7, 11) is 0. The minimum atomic E-state index is -0.299. The van der Waals surface area contributed by atoms with E-state index in [-0.39, 0.29) is 16.1 Å². The molecule has 20 heavy (non-hydrogen) atoms. The Morgan fingerprint density at radius 3 is 2.75 bits per heavy atom. The largest absolute Gasteiger partial charge is 0.307 e. The summed E-state index contributed by atoms with van der Waals surface area (Å²) in [5.74, 6) is 0.471. The van der Waals surface area contributed by atoms with Crippen LogP contribution in [0.2, 0.25) is 0 Å². The summed E-state index contributed by atoms with van der Waals surface area (Å²) >= 11 is 0. The number of hydrogen-bond donors (Lipinski definition) is 1. The van der Waals surface area contributed by atoms with Crippen LogP contribution in [0.3, 0.4) is 0 Å². The zero-order valence-electron chi connectivity index (χ0n) is 12.0. The Labute approximate surface area is 119 Å². The van der Waals surface area contributed by atoms with Gasteiger partial charge >= 0.3 is 0 Å². The number of nitro benzene ring substituents is 1. The monoisotopic (exact) mass is 274 g/mol. The van der Waals surface area contributed by atoms with Crippen molar-refractivity contribution in [3.05, 3.63) is 39.4 Å². The summed E-state index contributed by atoms with van der Waals surface area (Å²) in [6, 6.07) is 5.36. The Kier molecular flexibility index (Phi) is 3.50. The van der Waals surface area contributed by atoms with E-state index >= 15 is 0 Å². The molecule has 4 nitrogen and oxygen atoms in total. The second-order valence-electron chi connectivity index (χ2n) is 6.44. The molecule has 0 radical (unpaired) electrons. The average molecular weight is 274 g/mol. The molecule has 1 aliphatic heterocycles. The van der Waals surface area contributed by atoms with Gasteiger partial charge in [0.05, 0.1) is 4.92 Å². The highest BCUT2D eigenvalue weighted by molar-refractivity contribution is 5.42. The van der Waals surface area contributed by atoms with Crippen LogP contribution < -0.4 is 5.32 Å². The summed E-state index contributed by atoms with van der Waals surface area (Å²) in [5, 5.41) is 14.7. The van der Waals surface area contributed by atoms with Crippen LogP contribution in [0.1, 0.15) is 62.5 Å². The molecule has 1 N–H and O–H groups in total. The molecule has 0 unspecified atom stereocenters. The van der Waals surface area contributed by atoms with E-state index in [1.54, 1.807) is 12.1 Å². The van der Waals surface area contributed by atoms with Crippen LogP contribution in [-0.2, 0) is 6.54 Å². The molecule has 108 valence electrons. The van der Waals surface area contributed by atoms with E-state index in [1.807, 2.05) is 6.07 Å². The van der Waals surface area contributed by atoms with Crippen molar-refractivity contribution in [2.45, 2.75) is 63.5 Å². The minimum absolute atomic E-state index is 0.206. The number of non-ortho nitro benzene ring substituents is 1. The van der Waals surface area contributed by atoms with Crippen molar-refractivity contribution in [3.8, 4) is 0 Å². The molecular formula is C16H22N2O2. The number of nitrogens with zero attached hydrogens (tertiary/aromatic N) is 1. The van der Waals surface area contributed by atoms with E-state index in [9.17, 15) is 10.1 Å². The molecule has 1 spiro atoms. The van der Waals surface area contributed by atoms with Gasteiger partial charge in [-0.3, -0.25) is 10.1 Å². The molecule has 1 atom stereocenters. The van der Waals surface area contributed by atoms with Crippen LogP contribution in [0.25, 0.3) is 0 Å². The van der Waals surface area contributed by atoms with Crippen molar-refractivity contribution in [1.29, 1.82) is 0 Å². The predicted octanol–water partition coefficient (Wildman–Crippen LogP) is 3.89. The maximum Gasteiger partial charge on any atom is 0.269 e. The molecule has 1 fully saturated rings. The summed E-state index contributed by atoms with van der Waals surface area (Å²) in [6.45, 7) is 3.02. The Morgan fingerprint density at radius 2 is 2.05 bits per heavy atom. The van der Waals surface area contributed by atoms with Crippen molar-refractivity contribution in [2.24, 2.45) is 0 Å². The fraction of sp³-hybridized carbons (Fsp3) is 0.625. The highest BCUT2D eigenvalue weighted by atomic mass is 16.6. The van der Waals surface area contributed by atoms with Crippen molar-refractivity contribution in [2.75, 3.05) is 0 Å². The van der Waals surface area contributed by atoms with E-state index in [2.05, 4.69) is 12.2 Å². The second-order valence-corrected chi connectivity index (χ2v) is 6.44. The van der Waals surface area contributed by atoms with Crippen molar-refractivity contribution < 1.29 is 4.92 Å². The van der Waals surface area contributed by atoms with Gasteiger partial charge in [-0.05, 0) is 36.3 Å². The van der Waals surface area contributed by atoms with Gasteiger partial charge in [-0.15, -0.1) is 0 Å². The van der Waals surface area contributed by atoms with Crippen LogP contribution in [0.4, 0.5) is 5.69 Å². The second kappa shape index (κ2) is 5.17. The lowest BCUT2D eigenvalue weighted by atomic mass is 9.75.